The third-order valence-electron chi connectivity index (χ3n) is 4.05. The number of hydrogen-bond acceptors (Lipinski definition) is 4. The number of nitrogens with one attached hydrogen (secondary N) is 1. The summed E-state index contributed by atoms with van der Waals surface area (Å²) in [6.45, 7) is 0.560. The van der Waals surface area contributed by atoms with Gasteiger partial charge in [0.1, 0.15) is 5.82 Å². The molecule has 0 aliphatic carbocycles. The minimum absolute atomic E-state index is 0.00798. The van der Waals surface area contributed by atoms with Crippen molar-refractivity contribution >= 4 is 28.8 Å². The van der Waals surface area contributed by atoms with Gasteiger partial charge in [-0.05, 0) is 42.1 Å². The molecule has 7 heteroatoms. The smallest absolute Gasteiger partial charge is 0.268 e. The SMILES string of the molecule is O=C(NCCc1cccs1)[C@]1(O)CCN(c2ccc(F)cc2)C1=O. The summed E-state index contributed by atoms with van der Waals surface area (Å²) in [5, 5.41) is 15.1. The number of amides is 2. The molecule has 0 radical (unpaired) electrons. The van der Waals surface area contributed by atoms with Gasteiger partial charge < -0.3 is 15.3 Å². The number of halogens is 1. The molecule has 1 atom stereocenters. The number of thiophene rings is 1. The van der Waals surface area contributed by atoms with Crippen LogP contribution >= 0.6 is 11.3 Å². The van der Waals surface area contributed by atoms with Crippen molar-refractivity contribution in [3.8, 4) is 0 Å². The zero-order chi connectivity index (χ0) is 17.2. The number of benzene rings is 1. The molecule has 3 rings (SSSR count). The Hall–Kier alpha value is -2.25. The summed E-state index contributed by atoms with van der Waals surface area (Å²) < 4.78 is 13.0. The molecule has 1 aromatic heterocycles. The molecular weight excluding hydrogens is 331 g/mol. The quantitative estimate of drug-likeness (QED) is 0.809. The number of rotatable bonds is 5. The third kappa shape index (κ3) is 3.18. The molecule has 1 saturated heterocycles. The van der Waals surface area contributed by atoms with E-state index in [1.54, 1.807) is 11.3 Å². The fraction of sp³-hybridized carbons (Fsp3) is 0.294. The van der Waals surface area contributed by atoms with E-state index in [1.165, 1.54) is 29.2 Å². The Morgan fingerprint density at radius 1 is 1.33 bits per heavy atom. The van der Waals surface area contributed by atoms with Crippen molar-refractivity contribution in [1.82, 2.24) is 5.32 Å². The van der Waals surface area contributed by atoms with Gasteiger partial charge in [0.05, 0.1) is 0 Å². The van der Waals surface area contributed by atoms with Crippen LogP contribution in [0.1, 0.15) is 11.3 Å². The molecule has 2 heterocycles. The maximum Gasteiger partial charge on any atom is 0.268 e. The predicted octanol–water partition coefficient (Wildman–Crippen LogP) is 1.71. The summed E-state index contributed by atoms with van der Waals surface area (Å²) in [5.41, 5.74) is -1.60. The lowest BCUT2D eigenvalue weighted by atomic mass is 10.0. The standard InChI is InChI=1S/C17H17FN2O3S/c18-12-3-5-13(6-4-12)20-10-8-17(23,16(20)22)15(21)19-9-7-14-2-1-11-24-14/h1-6,11,23H,7-10H2,(H,19,21)/t17-/m1/s1. The first-order valence-corrected chi connectivity index (χ1v) is 8.49. The van der Waals surface area contributed by atoms with E-state index < -0.39 is 23.2 Å². The van der Waals surface area contributed by atoms with E-state index in [9.17, 15) is 19.1 Å². The van der Waals surface area contributed by atoms with Crippen LogP contribution in [0.2, 0.25) is 0 Å². The third-order valence-corrected chi connectivity index (χ3v) is 4.98. The zero-order valence-corrected chi connectivity index (χ0v) is 13.7. The van der Waals surface area contributed by atoms with Gasteiger partial charge in [0.15, 0.2) is 0 Å². The van der Waals surface area contributed by atoms with Gasteiger partial charge in [-0.1, -0.05) is 6.07 Å². The van der Waals surface area contributed by atoms with Crippen LogP contribution < -0.4 is 10.2 Å². The van der Waals surface area contributed by atoms with Crippen LogP contribution in [0.3, 0.4) is 0 Å². The Morgan fingerprint density at radius 2 is 2.08 bits per heavy atom. The Labute approximate surface area is 142 Å². The molecule has 2 amide bonds. The van der Waals surface area contributed by atoms with Crippen molar-refractivity contribution in [1.29, 1.82) is 0 Å². The number of anilines is 1. The summed E-state index contributed by atoms with van der Waals surface area (Å²) in [6, 6.07) is 9.27. The highest BCUT2D eigenvalue weighted by atomic mass is 32.1. The second-order valence-corrected chi connectivity index (χ2v) is 6.66. The summed E-state index contributed by atoms with van der Waals surface area (Å²) in [5.74, 6) is -1.77. The molecule has 0 bridgehead atoms. The summed E-state index contributed by atoms with van der Waals surface area (Å²) in [6.07, 6.45) is 0.656. The molecule has 2 N–H and O–H groups in total. The first kappa shape index (κ1) is 16.6. The lowest BCUT2D eigenvalue weighted by Gasteiger charge is -2.21. The van der Waals surface area contributed by atoms with Gasteiger partial charge in [-0.25, -0.2) is 4.39 Å². The molecule has 1 aliphatic heterocycles. The van der Waals surface area contributed by atoms with E-state index >= 15 is 0 Å². The molecule has 5 nitrogen and oxygen atoms in total. The average molecular weight is 348 g/mol. The van der Waals surface area contributed by atoms with Crippen molar-refractivity contribution in [3.05, 3.63) is 52.5 Å². The summed E-state index contributed by atoms with van der Waals surface area (Å²) in [4.78, 5) is 27.2. The van der Waals surface area contributed by atoms with E-state index in [-0.39, 0.29) is 13.0 Å². The van der Waals surface area contributed by atoms with Crippen molar-refractivity contribution < 1.29 is 19.1 Å². The minimum Gasteiger partial charge on any atom is -0.372 e. The van der Waals surface area contributed by atoms with Crippen LogP contribution in [0.15, 0.2) is 41.8 Å². The van der Waals surface area contributed by atoms with Crippen molar-refractivity contribution in [3.63, 3.8) is 0 Å². The minimum atomic E-state index is -2.07. The maximum atomic E-state index is 13.0. The van der Waals surface area contributed by atoms with E-state index in [0.29, 0.717) is 18.7 Å². The number of carbonyl (C=O) groups excluding carboxylic acids is 2. The zero-order valence-electron chi connectivity index (χ0n) is 12.9. The van der Waals surface area contributed by atoms with E-state index in [4.69, 9.17) is 0 Å². The Kier molecular flexibility index (Phi) is 4.64. The summed E-state index contributed by atoms with van der Waals surface area (Å²) >= 11 is 1.59. The molecule has 0 spiro atoms. The topological polar surface area (TPSA) is 69.6 Å². The van der Waals surface area contributed by atoms with Gasteiger partial charge in [-0.15, -0.1) is 11.3 Å². The Bertz CT molecular complexity index is 733. The van der Waals surface area contributed by atoms with Crippen LogP contribution in [0, 0.1) is 5.82 Å². The number of hydrogen-bond donors (Lipinski definition) is 2. The van der Waals surface area contributed by atoms with Gasteiger partial charge >= 0.3 is 0 Å². The van der Waals surface area contributed by atoms with Gasteiger partial charge in [0.2, 0.25) is 5.60 Å². The number of carbonyl (C=O) groups is 2. The van der Waals surface area contributed by atoms with Crippen LogP contribution in [0.5, 0.6) is 0 Å². The lowest BCUT2D eigenvalue weighted by molar-refractivity contribution is -0.149. The van der Waals surface area contributed by atoms with E-state index in [0.717, 1.165) is 4.88 Å². The molecule has 24 heavy (non-hydrogen) atoms. The molecule has 2 aromatic rings. The highest BCUT2D eigenvalue weighted by molar-refractivity contribution is 7.09. The van der Waals surface area contributed by atoms with Crippen LogP contribution in [-0.4, -0.2) is 35.6 Å². The van der Waals surface area contributed by atoms with Crippen LogP contribution in [0.25, 0.3) is 0 Å². The monoisotopic (exact) mass is 348 g/mol. The second-order valence-electron chi connectivity index (χ2n) is 5.63. The molecule has 0 saturated carbocycles. The average Bonchev–Trinajstić information content (AvgIpc) is 3.18. The Balaban J connectivity index is 1.63. The van der Waals surface area contributed by atoms with Crippen LogP contribution in [0.4, 0.5) is 10.1 Å². The first-order valence-electron chi connectivity index (χ1n) is 7.61. The second kappa shape index (κ2) is 6.70. The van der Waals surface area contributed by atoms with Gasteiger partial charge in [-0.2, -0.15) is 0 Å². The van der Waals surface area contributed by atoms with Gasteiger partial charge in [0, 0.05) is 30.1 Å². The van der Waals surface area contributed by atoms with Crippen molar-refractivity contribution in [2.45, 2.75) is 18.4 Å². The normalized spacial score (nSPS) is 20.4. The molecule has 1 fully saturated rings. The van der Waals surface area contributed by atoms with Gasteiger partial charge in [0.25, 0.3) is 11.8 Å². The summed E-state index contributed by atoms with van der Waals surface area (Å²) in [7, 11) is 0. The van der Waals surface area contributed by atoms with E-state index in [2.05, 4.69) is 5.32 Å². The molecule has 1 aliphatic rings. The van der Waals surface area contributed by atoms with Crippen LogP contribution in [-0.2, 0) is 16.0 Å². The lowest BCUT2D eigenvalue weighted by Crippen LogP contribution is -2.52. The largest absolute Gasteiger partial charge is 0.372 e. The number of aliphatic hydroxyl groups is 1. The maximum absolute atomic E-state index is 13.0. The van der Waals surface area contributed by atoms with E-state index in [1.807, 2.05) is 17.5 Å². The fourth-order valence-electron chi connectivity index (χ4n) is 2.68. The number of nitrogens with zero attached hydrogens (tertiary/aromatic N) is 1. The molecular formula is C17H17FN2O3S. The molecule has 1 aromatic carbocycles. The predicted molar refractivity (Wildman–Crippen MR) is 89.4 cm³/mol. The fourth-order valence-corrected chi connectivity index (χ4v) is 3.39. The molecule has 126 valence electrons. The molecule has 0 unspecified atom stereocenters. The highest BCUT2D eigenvalue weighted by Gasteiger charge is 2.51. The van der Waals surface area contributed by atoms with Crippen molar-refractivity contribution in [2.75, 3.05) is 18.0 Å². The van der Waals surface area contributed by atoms with Gasteiger partial charge in [-0.3, -0.25) is 9.59 Å². The highest BCUT2D eigenvalue weighted by Crippen LogP contribution is 2.28. The van der Waals surface area contributed by atoms with Crippen molar-refractivity contribution in [2.24, 2.45) is 0 Å². The Morgan fingerprint density at radius 3 is 2.75 bits per heavy atom. The first-order chi connectivity index (χ1) is 11.5.